The molecule has 2 aromatic rings. The Bertz CT molecular complexity index is 763. The van der Waals surface area contributed by atoms with E-state index in [9.17, 15) is 4.79 Å². The van der Waals surface area contributed by atoms with E-state index < -0.39 is 0 Å². The first kappa shape index (κ1) is 17.0. The number of rotatable bonds is 7. The van der Waals surface area contributed by atoms with Crippen LogP contribution in [-0.4, -0.2) is 24.1 Å². The van der Waals surface area contributed by atoms with Gasteiger partial charge >= 0.3 is 5.63 Å². The summed E-state index contributed by atoms with van der Waals surface area (Å²) in [6.45, 7) is 7.65. The zero-order chi connectivity index (χ0) is 17.3. The second kappa shape index (κ2) is 6.98. The molecule has 0 amide bonds. The van der Waals surface area contributed by atoms with Crippen molar-refractivity contribution in [3.05, 3.63) is 40.2 Å². The average molecular weight is 329 g/mol. The minimum atomic E-state index is -0.294. The molecule has 2 atom stereocenters. The lowest BCUT2D eigenvalue weighted by molar-refractivity contribution is 0.141. The van der Waals surface area contributed by atoms with E-state index in [1.54, 1.807) is 19.2 Å². The monoisotopic (exact) mass is 329 g/mol. The van der Waals surface area contributed by atoms with Crippen molar-refractivity contribution in [1.82, 2.24) is 4.90 Å². The van der Waals surface area contributed by atoms with Crippen LogP contribution < -0.4 is 10.4 Å². The van der Waals surface area contributed by atoms with Gasteiger partial charge in [-0.3, -0.25) is 4.90 Å². The molecule has 1 aliphatic rings. The zero-order valence-corrected chi connectivity index (χ0v) is 15.0. The average Bonchev–Trinajstić information content (AvgIpc) is 3.42. The summed E-state index contributed by atoms with van der Waals surface area (Å²) in [7, 11) is 1.62. The Morgan fingerprint density at radius 2 is 2.04 bits per heavy atom. The van der Waals surface area contributed by atoms with E-state index in [0.717, 1.165) is 17.5 Å². The van der Waals surface area contributed by atoms with Gasteiger partial charge in [0.15, 0.2) is 0 Å². The summed E-state index contributed by atoms with van der Waals surface area (Å²) < 4.78 is 10.6. The second-order valence-electron chi connectivity index (χ2n) is 6.98. The number of hydrogen-bond acceptors (Lipinski definition) is 4. The van der Waals surface area contributed by atoms with Crippen LogP contribution in [-0.2, 0) is 6.54 Å². The van der Waals surface area contributed by atoms with Crippen molar-refractivity contribution in [2.75, 3.05) is 7.11 Å². The van der Waals surface area contributed by atoms with Crippen molar-refractivity contribution in [3.8, 4) is 5.75 Å². The third kappa shape index (κ3) is 3.48. The lowest BCUT2D eigenvalue weighted by Crippen LogP contribution is -2.38. The van der Waals surface area contributed by atoms with Crippen LogP contribution in [0.4, 0.5) is 0 Å². The van der Waals surface area contributed by atoms with Crippen molar-refractivity contribution in [3.63, 3.8) is 0 Å². The molecule has 0 radical (unpaired) electrons. The standard InChI is InChI=1S/C20H27NO3/c1-5-13(2)14(3)21(16-6-7-16)12-15-10-20(22)24-19-11-17(23-4)8-9-18(15)19/h8-11,13-14,16H,5-7,12H2,1-4H3. The smallest absolute Gasteiger partial charge is 0.336 e. The molecule has 4 heteroatoms. The Labute approximate surface area is 143 Å². The van der Waals surface area contributed by atoms with Gasteiger partial charge in [-0.05, 0) is 43.4 Å². The number of methoxy groups -OCH3 is 1. The molecule has 0 spiro atoms. The Hall–Kier alpha value is -1.81. The predicted molar refractivity (Wildman–Crippen MR) is 96.5 cm³/mol. The van der Waals surface area contributed by atoms with E-state index in [-0.39, 0.29) is 5.63 Å². The molecule has 2 unspecified atom stereocenters. The van der Waals surface area contributed by atoms with Crippen LogP contribution in [0.1, 0.15) is 45.6 Å². The van der Waals surface area contributed by atoms with Crippen LogP contribution in [0.15, 0.2) is 33.5 Å². The van der Waals surface area contributed by atoms with Gasteiger partial charge in [-0.15, -0.1) is 0 Å². The molecule has 1 aromatic heterocycles. The van der Waals surface area contributed by atoms with Crippen LogP contribution in [0, 0.1) is 5.92 Å². The quantitative estimate of drug-likeness (QED) is 0.714. The van der Waals surface area contributed by atoms with Gasteiger partial charge < -0.3 is 9.15 Å². The molecular formula is C20H27NO3. The molecule has 1 fully saturated rings. The number of hydrogen-bond donors (Lipinski definition) is 0. The Morgan fingerprint density at radius 1 is 1.29 bits per heavy atom. The fourth-order valence-electron chi connectivity index (χ4n) is 3.34. The molecule has 3 rings (SSSR count). The molecule has 24 heavy (non-hydrogen) atoms. The van der Waals surface area contributed by atoms with E-state index in [0.29, 0.717) is 29.3 Å². The lowest BCUT2D eigenvalue weighted by Gasteiger charge is -2.33. The van der Waals surface area contributed by atoms with E-state index in [4.69, 9.17) is 9.15 Å². The van der Waals surface area contributed by atoms with E-state index in [1.165, 1.54) is 19.3 Å². The van der Waals surface area contributed by atoms with Crippen molar-refractivity contribution < 1.29 is 9.15 Å². The lowest BCUT2D eigenvalue weighted by atomic mass is 9.98. The maximum atomic E-state index is 12.0. The molecular weight excluding hydrogens is 302 g/mol. The topological polar surface area (TPSA) is 42.7 Å². The van der Waals surface area contributed by atoms with Gasteiger partial charge in [0.1, 0.15) is 11.3 Å². The van der Waals surface area contributed by atoms with Crippen LogP contribution in [0.2, 0.25) is 0 Å². The molecule has 0 saturated heterocycles. The highest BCUT2D eigenvalue weighted by Gasteiger charge is 2.34. The SMILES string of the molecule is CCC(C)C(C)N(Cc1cc(=O)oc2cc(OC)ccc12)C1CC1. The Morgan fingerprint density at radius 3 is 2.67 bits per heavy atom. The fourth-order valence-corrected chi connectivity index (χ4v) is 3.34. The van der Waals surface area contributed by atoms with Gasteiger partial charge in [-0.2, -0.15) is 0 Å². The van der Waals surface area contributed by atoms with Gasteiger partial charge in [-0.1, -0.05) is 20.3 Å². The normalized spacial score (nSPS) is 17.2. The largest absolute Gasteiger partial charge is 0.497 e. The highest BCUT2D eigenvalue weighted by atomic mass is 16.5. The van der Waals surface area contributed by atoms with Crippen LogP contribution in [0.5, 0.6) is 5.75 Å². The van der Waals surface area contributed by atoms with Crippen molar-refractivity contribution in [1.29, 1.82) is 0 Å². The molecule has 0 aliphatic heterocycles. The highest BCUT2D eigenvalue weighted by Crippen LogP contribution is 2.34. The molecule has 1 heterocycles. The molecule has 4 nitrogen and oxygen atoms in total. The summed E-state index contributed by atoms with van der Waals surface area (Å²) in [5, 5.41) is 0.998. The first-order chi connectivity index (χ1) is 11.5. The Balaban J connectivity index is 1.97. The van der Waals surface area contributed by atoms with Gasteiger partial charge in [0.05, 0.1) is 7.11 Å². The number of benzene rings is 1. The second-order valence-corrected chi connectivity index (χ2v) is 6.98. The van der Waals surface area contributed by atoms with Crippen LogP contribution in [0.3, 0.4) is 0 Å². The van der Waals surface area contributed by atoms with E-state index in [1.807, 2.05) is 12.1 Å². The maximum Gasteiger partial charge on any atom is 0.336 e. The highest BCUT2D eigenvalue weighted by molar-refractivity contribution is 5.81. The number of ether oxygens (including phenoxy) is 1. The van der Waals surface area contributed by atoms with Gasteiger partial charge in [-0.25, -0.2) is 4.79 Å². The van der Waals surface area contributed by atoms with Gasteiger partial charge in [0, 0.05) is 36.1 Å². The molecule has 0 N–H and O–H groups in total. The van der Waals surface area contributed by atoms with Gasteiger partial charge in [0.25, 0.3) is 0 Å². The van der Waals surface area contributed by atoms with Gasteiger partial charge in [0.2, 0.25) is 0 Å². The summed E-state index contributed by atoms with van der Waals surface area (Å²) in [4.78, 5) is 14.6. The third-order valence-corrected chi connectivity index (χ3v) is 5.40. The third-order valence-electron chi connectivity index (χ3n) is 5.40. The first-order valence-corrected chi connectivity index (χ1v) is 8.90. The number of nitrogens with zero attached hydrogens (tertiary/aromatic N) is 1. The summed E-state index contributed by atoms with van der Waals surface area (Å²) in [6, 6.07) is 8.50. The molecule has 1 saturated carbocycles. The zero-order valence-electron chi connectivity index (χ0n) is 15.0. The van der Waals surface area contributed by atoms with Crippen molar-refractivity contribution in [2.24, 2.45) is 5.92 Å². The molecule has 130 valence electrons. The van der Waals surface area contributed by atoms with Crippen molar-refractivity contribution in [2.45, 2.75) is 58.7 Å². The fraction of sp³-hybridized carbons (Fsp3) is 0.550. The minimum absolute atomic E-state index is 0.294. The van der Waals surface area contributed by atoms with E-state index >= 15 is 0 Å². The summed E-state index contributed by atoms with van der Waals surface area (Å²) in [5.41, 5.74) is 1.35. The molecule has 1 aromatic carbocycles. The maximum absolute atomic E-state index is 12.0. The summed E-state index contributed by atoms with van der Waals surface area (Å²) in [6.07, 6.45) is 3.68. The summed E-state index contributed by atoms with van der Waals surface area (Å²) in [5.74, 6) is 1.34. The molecule has 1 aliphatic carbocycles. The minimum Gasteiger partial charge on any atom is -0.497 e. The van der Waals surface area contributed by atoms with Crippen LogP contribution in [0.25, 0.3) is 11.0 Å². The van der Waals surface area contributed by atoms with Crippen LogP contribution >= 0.6 is 0 Å². The van der Waals surface area contributed by atoms with E-state index in [2.05, 4.69) is 25.7 Å². The predicted octanol–water partition coefficient (Wildman–Crippen LogP) is 4.20. The van der Waals surface area contributed by atoms with Crippen molar-refractivity contribution >= 4 is 11.0 Å². The first-order valence-electron chi connectivity index (χ1n) is 8.90. The summed E-state index contributed by atoms with van der Waals surface area (Å²) >= 11 is 0. The Kier molecular flexibility index (Phi) is 4.95. The molecule has 0 bridgehead atoms. The number of fused-ring (bicyclic) bond motifs is 1.